The molecule has 2 heterocycles. The molecule has 1 aromatic carbocycles. The Hall–Kier alpha value is -2.14. The van der Waals surface area contributed by atoms with E-state index in [9.17, 15) is 9.90 Å². The first kappa shape index (κ1) is 16.7. The summed E-state index contributed by atoms with van der Waals surface area (Å²) in [6.45, 7) is 6.94. The van der Waals surface area contributed by atoms with Crippen molar-refractivity contribution in [3.05, 3.63) is 41.3 Å². The number of aliphatic hydroxyl groups is 1. The number of hydrogen-bond acceptors (Lipinski definition) is 4. The van der Waals surface area contributed by atoms with Gasteiger partial charge >= 0.3 is 5.97 Å². The molecule has 0 unspecified atom stereocenters. The van der Waals surface area contributed by atoms with Gasteiger partial charge in [-0.25, -0.2) is 9.78 Å². The number of ether oxygens (including phenoxy) is 1. The molecule has 1 aliphatic rings. The van der Waals surface area contributed by atoms with Crippen molar-refractivity contribution in [1.29, 1.82) is 0 Å². The molecule has 0 radical (unpaired) electrons. The van der Waals surface area contributed by atoms with E-state index < -0.39 is 12.1 Å². The van der Waals surface area contributed by atoms with Crippen LogP contribution < -0.4 is 0 Å². The Morgan fingerprint density at radius 3 is 2.79 bits per heavy atom. The van der Waals surface area contributed by atoms with Gasteiger partial charge in [-0.1, -0.05) is 36.8 Å². The summed E-state index contributed by atoms with van der Waals surface area (Å²) in [6, 6.07) is 7.98. The number of carbonyl (C=O) groups is 1. The summed E-state index contributed by atoms with van der Waals surface area (Å²) in [5, 5.41) is 10.6. The molecule has 0 saturated heterocycles. The maximum atomic E-state index is 12.1. The molecule has 0 bridgehead atoms. The molecule has 3 rings (SSSR count). The number of esters is 1. The summed E-state index contributed by atoms with van der Waals surface area (Å²) in [5.74, 6) is 0.805. The number of fused-ring (bicyclic) bond motifs is 1. The van der Waals surface area contributed by atoms with Crippen LogP contribution in [0.15, 0.2) is 24.3 Å². The van der Waals surface area contributed by atoms with Crippen molar-refractivity contribution in [2.45, 2.75) is 46.3 Å². The molecular weight excluding hydrogens is 304 g/mol. The fraction of sp³-hybridized carbons (Fsp3) is 0.474. The summed E-state index contributed by atoms with van der Waals surface area (Å²) < 4.78 is 7.03. The minimum absolute atomic E-state index is 0.243. The lowest BCUT2D eigenvalue weighted by Crippen LogP contribution is -2.24. The van der Waals surface area contributed by atoms with Crippen LogP contribution in [0.5, 0.6) is 0 Å². The fourth-order valence-corrected chi connectivity index (χ4v) is 3.22. The van der Waals surface area contributed by atoms with E-state index in [0.29, 0.717) is 17.3 Å². The number of hydrogen-bond donors (Lipinski definition) is 1. The second-order valence-electron chi connectivity index (χ2n) is 6.54. The number of aryl methyl sites for hydroxylation is 2. The van der Waals surface area contributed by atoms with Crippen molar-refractivity contribution in [2.75, 3.05) is 6.61 Å². The van der Waals surface area contributed by atoms with Gasteiger partial charge in [0.2, 0.25) is 0 Å². The van der Waals surface area contributed by atoms with E-state index in [0.717, 1.165) is 36.3 Å². The van der Waals surface area contributed by atoms with Gasteiger partial charge in [-0.05, 0) is 26.2 Å². The highest BCUT2D eigenvalue weighted by molar-refractivity contribution is 5.79. The second kappa shape index (κ2) is 6.77. The maximum Gasteiger partial charge on any atom is 0.341 e. The van der Waals surface area contributed by atoms with Crippen molar-refractivity contribution in [2.24, 2.45) is 5.92 Å². The second-order valence-corrected chi connectivity index (χ2v) is 6.54. The molecule has 2 atom stereocenters. The zero-order valence-corrected chi connectivity index (χ0v) is 14.5. The number of carbonyl (C=O) groups excluding carboxylic acids is 1. The zero-order chi connectivity index (χ0) is 17.3. The summed E-state index contributed by atoms with van der Waals surface area (Å²) in [5.41, 5.74) is 3.30. The third-order valence-corrected chi connectivity index (χ3v) is 4.53. The highest BCUT2D eigenvalue weighted by Gasteiger charge is 2.31. The van der Waals surface area contributed by atoms with Gasteiger partial charge in [-0.3, -0.25) is 0 Å². The Morgan fingerprint density at radius 2 is 2.12 bits per heavy atom. The van der Waals surface area contributed by atoms with Crippen LogP contribution in [0.25, 0.3) is 11.3 Å². The fourth-order valence-electron chi connectivity index (χ4n) is 3.22. The Labute approximate surface area is 142 Å². The molecule has 0 aliphatic carbocycles. The van der Waals surface area contributed by atoms with Crippen molar-refractivity contribution in [3.63, 3.8) is 0 Å². The van der Waals surface area contributed by atoms with Gasteiger partial charge in [-0.15, -0.1) is 0 Å². The van der Waals surface area contributed by atoms with E-state index in [1.807, 2.05) is 35.8 Å². The van der Waals surface area contributed by atoms with Crippen molar-refractivity contribution >= 4 is 5.97 Å². The first-order valence-corrected chi connectivity index (χ1v) is 8.52. The molecule has 2 aromatic rings. The van der Waals surface area contributed by atoms with Crippen molar-refractivity contribution in [1.82, 2.24) is 9.55 Å². The molecule has 5 nitrogen and oxygen atoms in total. The van der Waals surface area contributed by atoms with Gasteiger partial charge in [-0.2, -0.15) is 0 Å². The third-order valence-electron chi connectivity index (χ3n) is 4.53. The number of nitrogens with zero attached hydrogens (tertiary/aromatic N) is 2. The van der Waals surface area contributed by atoms with Crippen molar-refractivity contribution < 1.29 is 14.6 Å². The van der Waals surface area contributed by atoms with Crippen LogP contribution in [0.3, 0.4) is 0 Å². The number of benzene rings is 1. The zero-order valence-electron chi connectivity index (χ0n) is 14.5. The van der Waals surface area contributed by atoms with E-state index in [-0.39, 0.29) is 6.61 Å². The Morgan fingerprint density at radius 1 is 1.42 bits per heavy atom. The molecule has 0 amide bonds. The van der Waals surface area contributed by atoms with E-state index in [4.69, 9.17) is 9.72 Å². The standard InChI is InChI=1S/C19H24N2O3/c1-4-24-19(23)18(22)17-16(14-8-5-12(2)6-9-14)20-15-10-7-13(3)11-21(15)17/h5-6,8-9,13,18,22H,4,7,10-11H2,1-3H3/t13-,18-/m1/s1. The highest BCUT2D eigenvalue weighted by Crippen LogP contribution is 2.33. The van der Waals surface area contributed by atoms with Crippen LogP contribution in [0.2, 0.25) is 0 Å². The van der Waals surface area contributed by atoms with Crippen molar-refractivity contribution in [3.8, 4) is 11.3 Å². The van der Waals surface area contributed by atoms with Crippen LogP contribution in [0.1, 0.15) is 43.5 Å². The molecular formula is C19H24N2O3. The number of aliphatic hydroxyl groups excluding tert-OH is 1. The number of imidazole rings is 1. The van der Waals surface area contributed by atoms with Crippen LogP contribution in [0.4, 0.5) is 0 Å². The van der Waals surface area contributed by atoms with Gasteiger partial charge in [0.15, 0.2) is 6.10 Å². The van der Waals surface area contributed by atoms with Gasteiger partial charge < -0.3 is 14.4 Å². The van der Waals surface area contributed by atoms with Crippen LogP contribution in [0, 0.1) is 12.8 Å². The maximum absolute atomic E-state index is 12.1. The van der Waals surface area contributed by atoms with Gasteiger partial charge in [0.05, 0.1) is 18.0 Å². The quantitative estimate of drug-likeness (QED) is 0.876. The van der Waals surface area contributed by atoms with E-state index in [2.05, 4.69) is 6.92 Å². The molecule has 1 aromatic heterocycles. The van der Waals surface area contributed by atoms with Crippen LogP contribution in [-0.4, -0.2) is 27.2 Å². The third kappa shape index (κ3) is 3.08. The average molecular weight is 328 g/mol. The normalized spacial score (nSPS) is 18.1. The predicted octanol–water partition coefficient (Wildman–Crippen LogP) is 3.04. The monoisotopic (exact) mass is 328 g/mol. The van der Waals surface area contributed by atoms with Crippen LogP contribution in [-0.2, 0) is 22.5 Å². The van der Waals surface area contributed by atoms with E-state index in [1.54, 1.807) is 6.92 Å². The molecule has 0 spiro atoms. The smallest absolute Gasteiger partial charge is 0.341 e. The SMILES string of the molecule is CCOC(=O)[C@H](O)c1c(-c2ccc(C)cc2)nc2n1C[C@H](C)CC2. The van der Waals surface area contributed by atoms with Gasteiger partial charge in [0.1, 0.15) is 5.82 Å². The summed E-state index contributed by atoms with van der Waals surface area (Å²) in [4.78, 5) is 16.9. The lowest BCUT2D eigenvalue weighted by Gasteiger charge is -2.23. The van der Waals surface area contributed by atoms with Gasteiger partial charge in [0, 0.05) is 18.5 Å². The minimum atomic E-state index is -1.31. The lowest BCUT2D eigenvalue weighted by atomic mass is 10.0. The molecule has 1 aliphatic heterocycles. The Kier molecular flexibility index (Phi) is 4.71. The first-order valence-electron chi connectivity index (χ1n) is 8.52. The minimum Gasteiger partial charge on any atom is -0.464 e. The molecule has 1 N–H and O–H groups in total. The predicted molar refractivity (Wildman–Crippen MR) is 91.5 cm³/mol. The summed E-state index contributed by atoms with van der Waals surface area (Å²) in [7, 11) is 0. The van der Waals surface area contributed by atoms with Crippen LogP contribution >= 0.6 is 0 Å². The largest absolute Gasteiger partial charge is 0.464 e. The number of aromatic nitrogens is 2. The first-order chi connectivity index (χ1) is 11.5. The average Bonchev–Trinajstić information content (AvgIpc) is 2.93. The number of rotatable bonds is 4. The highest BCUT2D eigenvalue weighted by atomic mass is 16.5. The Balaban J connectivity index is 2.11. The molecule has 128 valence electrons. The topological polar surface area (TPSA) is 64.3 Å². The van der Waals surface area contributed by atoms with E-state index in [1.165, 1.54) is 0 Å². The molecule has 24 heavy (non-hydrogen) atoms. The molecule has 5 heteroatoms. The van der Waals surface area contributed by atoms with Gasteiger partial charge in [0.25, 0.3) is 0 Å². The van der Waals surface area contributed by atoms with E-state index >= 15 is 0 Å². The Bertz CT molecular complexity index is 734. The lowest BCUT2D eigenvalue weighted by molar-refractivity contribution is -0.153. The summed E-state index contributed by atoms with van der Waals surface area (Å²) >= 11 is 0. The molecule has 0 saturated carbocycles. The summed E-state index contributed by atoms with van der Waals surface area (Å²) in [6.07, 6.45) is 0.613. The molecule has 0 fully saturated rings.